The van der Waals surface area contributed by atoms with Gasteiger partial charge in [0.2, 0.25) is 5.91 Å². The van der Waals surface area contributed by atoms with Gasteiger partial charge in [0.25, 0.3) is 0 Å². The zero-order valence-corrected chi connectivity index (χ0v) is 17.7. The number of para-hydroxylation sites is 2. The van der Waals surface area contributed by atoms with Gasteiger partial charge in [-0.2, -0.15) is 0 Å². The van der Waals surface area contributed by atoms with Gasteiger partial charge in [-0.1, -0.05) is 82.3 Å². The van der Waals surface area contributed by atoms with Gasteiger partial charge in [0, 0.05) is 21.4 Å². The highest BCUT2D eigenvalue weighted by atomic mass is 79.9. The Morgan fingerprint density at radius 1 is 0.897 bits per heavy atom. The molecule has 29 heavy (non-hydrogen) atoms. The Bertz CT molecular complexity index is 1120. The molecule has 0 unspecified atom stereocenters. The van der Waals surface area contributed by atoms with E-state index in [1.807, 2.05) is 89.5 Å². The molecule has 7 heteroatoms. The van der Waals surface area contributed by atoms with Gasteiger partial charge < -0.3 is 5.32 Å². The minimum atomic E-state index is -0.0914. The molecule has 4 rings (SSSR count). The first kappa shape index (κ1) is 19.4. The van der Waals surface area contributed by atoms with E-state index in [1.54, 1.807) is 0 Å². The third-order valence-corrected chi connectivity index (χ3v) is 5.77. The molecule has 0 aliphatic rings. The van der Waals surface area contributed by atoms with Crippen molar-refractivity contribution in [3.63, 3.8) is 0 Å². The van der Waals surface area contributed by atoms with Crippen LogP contribution in [0.4, 0.5) is 5.69 Å². The van der Waals surface area contributed by atoms with Crippen LogP contribution in [0.5, 0.6) is 0 Å². The van der Waals surface area contributed by atoms with Crippen molar-refractivity contribution in [1.82, 2.24) is 14.8 Å². The Kier molecular flexibility index (Phi) is 6.07. The molecule has 0 fully saturated rings. The average molecular weight is 465 g/mol. The van der Waals surface area contributed by atoms with Gasteiger partial charge in [-0.05, 0) is 30.3 Å². The maximum atomic E-state index is 12.4. The quantitative estimate of drug-likeness (QED) is 0.386. The molecule has 0 saturated carbocycles. The summed E-state index contributed by atoms with van der Waals surface area (Å²) >= 11 is 4.95. The van der Waals surface area contributed by atoms with E-state index < -0.39 is 0 Å². The minimum Gasteiger partial charge on any atom is -0.325 e. The summed E-state index contributed by atoms with van der Waals surface area (Å²) in [7, 11) is 0. The van der Waals surface area contributed by atoms with E-state index in [1.165, 1.54) is 11.8 Å². The maximum Gasteiger partial charge on any atom is 0.234 e. The first-order valence-electron chi connectivity index (χ1n) is 8.96. The highest BCUT2D eigenvalue weighted by Crippen LogP contribution is 2.32. The zero-order chi connectivity index (χ0) is 20.1. The van der Waals surface area contributed by atoms with Crippen molar-refractivity contribution in [3.8, 4) is 17.1 Å². The Morgan fingerprint density at radius 3 is 2.28 bits per heavy atom. The van der Waals surface area contributed by atoms with Crippen LogP contribution in [0, 0.1) is 0 Å². The van der Waals surface area contributed by atoms with Gasteiger partial charge in [-0.25, -0.2) is 0 Å². The predicted molar refractivity (Wildman–Crippen MR) is 120 cm³/mol. The standard InChI is InChI=1S/C22H17BrN4OS/c23-19-14-8-7-13-18(19)21-25-26-22(27(21)17-11-5-2-6-12-17)29-15-20(28)24-16-9-3-1-4-10-16/h1-14H,15H2,(H,24,28). The van der Waals surface area contributed by atoms with Gasteiger partial charge in [-0.3, -0.25) is 9.36 Å². The molecular weight excluding hydrogens is 448 g/mol. The molecule has 0 saturated heterocycles. The lowest BCUT2D eigenvalue weighted by molar-refractivity contribution is -0.113. The first-order chi connectivity index (χ1) is 14.2. The second kappa shape index (κ2) is 9.07. The van der Waals surface area contributed by atoms with Crippen molar-refractivity contribution in [2.45, 2.75) is 5.16 Å². The van der Waals surface area contributed by atoms with Gasteiger partial charge in [0.05, 0.1) is 5.75 Å². The first-order valence-corrected chi connectivity index (χ1v) is 10.7. The maximum absolute atomic E-state index is 12.4. The van der Waals surface area contributed by atoms with E-state index in [0.717, 1.165) is 27.2 Å². The highest BCUT2D eigenvalue weighted by molar-refractivity contribution is 9.10. The number of carbonyl (C=O) groups is 1. The molecule has 0 bridgehead atoms. The molecule has 3 aromatic carbocycles. The van der Waals surface area contributed by atoms with E-state index in [2.05, 4.69) is 31.4 Å². The van der Waals surface area contributed by atoms with Crippen molar-refractivity contribution in [1.29, 1.82) is 0 Å². The van der Waals surface area contributed by atoms with Crippen molar-refractivity contribution in [2.24, 2.45) is 0 Å². The number of halogens is 1. The SMILES string of the molecule is O=C(CSc1nnc(-c2ccccc2Br)n1-c1ccccc1)Nc1ccccc1. The second-order valence-corrected chi connectivity index (χ2v) is 7.96. The summed E-state index contributed by atoms with van der Waals surface area (Å²) < 4.78 is 2.91. The fourth-order valence-electron chi connectivity index (χ4n) is 2.84. The molecule has 0 aliphatic heterocycles. The van der Waals surface area contributed by atoms with Crippen molar-refractivity contribution in [2.75, 3.05) is 11.1 Å². The summed E-state index contributed by atoms with van der Waals surface area (Å²) in [5.74, 6) is 0.858. The van der Waals surface area contributed by atoms with E-state index in [9.17, 15) is 4.79 Å². The van der Waals surface area contributed by atoms with Crippen LogP contribution in [-0.2, 0) is 4.79 Å². The summed E-state index contributed by atoms with van der Waals surface area (Å²) in [5, 5.41) is 12.3. The predicted octanol–water partition coefficient (Wildman–Crippen LogP) is 5.43. The van der Waals surface area contributed by atoms with Gasteiger partial charge in [-0.15, -0.1) is 10.2 Å². The molecule has 0 radical (unpaired) electrons. The number of hydrogen-bond donors (Lipinski definition) is 1. The number of thioether (sulfide) groups is 1. The zero-order valence-electron chi connectivity index (χ0n) is 15.3. The average Bonchev–Trinajstić information content (AvgIpc) is 3.18. The Morgan fingerprint density at radius 2 is 1.55 bits per heavy atom. The van der Waals surface area contributed by atoms with Crippen molar-refractivity contribution >= 4 is 39.3 Å². The highest BCUT2D eigenvalue weighted by Gasteiger charge is 2.18. The lowest BCUT2D eigenvalue weighted by atomic mass is 10.2. The normalized spacial score (nSPS) is 10.7. The number of amides is 1. The number of rotatable bonds is 6. The summed E-state index contributed by atoms with van der Waals surface area (Å²) in [4.78, 5) is 12.4. The number of nitrogens with one attached hydrogen (secondary N) is 1. The van der Waals surface area contributed by atoms with E-state index in [0.29, 0.717) is 5.16 Å². The molecule has 0 atom stereocenters. The lowest BCUT2D eigenvalue weighted by Crippen LogP contribution is -2.14. The lowest BCUT2D eigenvalue weighted by Gasteiger charge is -2.11. The van der Waals surface area contributed by atoms with Crippen LogP contribution in [0.3, 0.4) is 0 Å². The van der Waals surface area contributed by atoms with Crippen molar-refractivity contribution < 1.29 is 4.79 Å². The van der Waals surface area contributed by atoms with Crippen LogP contribution >= 0.6 is 27.7 Å². The molecule has 1 heterocycles. The molecule has 5 nitrogen and oxygen atoms in total. The molecule has 4 aromatic rings. The number of anilines is 1. The molecule has 144 valence electrons. The minimum absolute atomic E-state index is 0.0914. The van der Waals surface area contributed by atoms with Gasteiger partial charge in [0.1, 0.15) is 0 Å². The Labute approximate surface area is 181 Å². The van der Waals surface area contributed by atoms with Crippen LogP contribution in [0.25, 0.3) is 17.1 Å². The van der Waals surface area contributed by atoms with Crippen LogP contribution in [0.2, 0.25) is 0 Å². The Balaban J connectivity index is 1.62. The largest absolute Gasteiger partial charge is 0.325 e. The monoisotopic (exact) mass is 464 g/mol. The third-order valence-electron chi connectivity index (χ3n) is 4.15. The molecule has 0 spiro atoms. The second-order valence-electron chi connectivity index (χ2n) is 6.16. The van der Waals surface area contributed by atoms with Gasteiger partial charge in [0.15, 0.2) is 11.0 Å². The molecule has 1 amide bonds. The molecule has 1 N–H and O–H groups in total. The van der Waals surface area contributed by atoms with Crippen LogP contribution < -0.4 is 5.32 Å². The van der Waals surface area contributed by atoms with Crippen LogP contribution in [0.15, 0.2) is 94.6 Å². The number of carbonyl (C=O) groups excluding carboxylic acids is 1. The Hall–Kier alpha value is -2.90. The van der Waals surface area contributed by atoms with E-state index >= 15 is 0 Å². The summed E-state index contributed by atoms with van der Waals surface area (Å²) in [5.41, 5.74) is 2.65. The number of hydrogen-bond acceptors (Lipinski definition) is 4. The van der Waals surface area contributed by atoms with Gasteiger partial charge >= 0.3 is 0 Å². The summed E-state index contributed by atoms with van der Waals surface area (Å²) in [6, 6.07) is 27.2. The van der Waals surface area contributed by atoms with Crippen LogP contribution in [0.1, 0.15) is 0 Å². The molecular formula is C22H17BrN4OS. The third kappa shape index (κ3) is 4.58. The fourth-order valence-corrected chi connectivity index (χ4v) is 4.05. The summed E-state index contributed by atoms with van der Waals surface area (Å²) in [6.45, 7) is 0. The smallest absolute Gasteiger partial charge is 0.234 e. The van der Waals surface area contributed by atoms with E-state index in [4.69, 9.17) is 0 Å². The number of nitrogens with zero attached hydrogens (tertiary/aromatic N) is 3. The molecule has 1 aromatic heterocycles. The number of benzene rings is 3. The van der Waals surface area contributed by atoms with E-state index in [-0.39, 0.29) is 11.7 Å². The number of aromatic nitrogens is 3. The molecule has 0 aliphatic carbocycles. The van der Waals surface area contributed by atoms with Crippen molar-refractivity contribution in [3.05, 3.63) is 89.4 Å². The van der Waals surface area contributed by atoms with Crippen LogP contribution in [-0.4, -0.2) is 26.4 Å². The summed E-state index contributed by atoms with van der Waals surface area (Å²) in [6.07, 6.45) is 0. The fraction of sp³-hybridized carbons (Fsp3) is 0.0455. The topological polar surface area (TPSA) is 59.8 Å².